The molecule has 0 aliphatic rings. The first-order valence-corrected chi connectivity index (χ1v) is 6.44. The molecular formula is C14H11NO2S. The molecule has 0 aliphatic heterocycles. The summed E-state index contributed by atoms with van der Waals surface area (Å²) in [5.41, 5.74) is 2.97. The maximum absolute atomic E-state index is 11.5. The van der Waals surface area contributed by atoms with E-state index in [-0.39, 0.29) is 0 Å². The molecule has 0 atom stereocenters. The Kier molecular flexibility index (Phi) is 2.45. The first-order valence-electron chi connectivity index (χ1n) is 5.56. The fourth-order valence-electron chi connectivity index (χ4n) is 2.13. The molecule has 2 heterocycles. The lowest BCUT2D eigenvalue weighted by Gasteiger charge is -1.97. The lowest BCUT2D eigenvalue weighted by atomic mass is 10.1. The summed E-state index contributed by atoms with van der Waals surface area (Å²) < 4.78 is 0. The number of thiophene rings is 1. The van der Waals surface area contributed by atoms with Crippen LogP contribution in [0.3, 0.4) is 0 Å². The Morgan fingerprint density at radius 2 is 2.17 bits per heavy atom. The number of hydrogen-bond acceptors (Lipinski definition) is 2. The predicted octanol–water partition coefficient (Wildman–Crippen LogP) is 3.90. The number of rotatable bonds is 2. The topological polar surface area (TPSA) is 53.1 Å². The van der Waals surface area contributed by atoms with Gasteiger partial charge in [0.25, 0.3) is 0 Å². The third kappa shape index (κ3) is 1.62. The van der Waals surface area contributed by atoms with Gasteiger partial charge in [-0.2, -0.15) is 0 Å². The van der Waals surface area contributed by atoms with Crippen molar-refractivity contribution in [3.8, 4) is 10.6 Å². The summed E-state index contributed by atoms with van der Waals surface area (Å²) in [7, 11) is 0. The van der Waals surface area contributed by atoms with Gasteiger partial charge >= 0.3 is 5.97 Å². The van der Waals surface area contributed by atoms with E-state index < -0.39 is 5.97 Å². The molecule has 3 rings (SSSR count). The van der Waals surface area contributed by atoms with E-state index in [2.05, 4.69) is 4.98 Å². The average molecular weight is 257 g/mol. The molecular weight excluding hydrogens is 246 g/mol. The van der Waals surface area contributed by atoms with Crippen molar-refractivity contribution < 1.29 is 9.90 Å². The summed E-state index contributed by atoms with van der Waals surface area (Å²) in [6, 6.07) is 9.65. The van der Waals surface area contributed by atoms with Crippen LogP contribution in [0.15, 0.2) is 35.7 Å². The monoisotopic (exact) mass is 257 g/mol. The smallest absolute Gasteiger partial charge is 0.338 e. The van der Waals surface area contributed by atoms with Gasteiger partial charge in [0.1, 0.15) is 0 Å². The van der Waals surface area contributed by atoms with Crippen LogP contribution in [0.4, 0.5) is 0 Å². The highest BCUT2D eigenvalue weighted by Crippen LogP contribution is 2.33. The van der Waals surface area contributed by atoms with E-state index in [4.69, 9.17) is 0 Å². The average Bonchev–Trinajstić information content (AvgIpc) is 2.94. The lowest BCUT2D eigenvalue weighted by molar-refractivity contribution is 0.0700. The van der Waals surface area contributed by atoms with E-state index in [1.54, 1.807) is 0 Å². The van der Waals surface area contributed by atoms with Crippen molar-refractivity contribution in [1.29, 1.82) is 0 Å². The number of fused-ring (bicyclic) bond motifs is 1. The minimum absolute atomic E-state index is 0.358. The standard InChI is InChI=1S/C14H11NO2S/c1-8-4-5-10-9(7-8)12(14(16)17)13(15-10)11-3-2-6-18-11/h2-7,15H,1H3,(H,16,17). The molecule has 1 aromatic carbocycles. The van der Waals surface area contributed by atoms with Gasteiger partial charge in [0.15, 0.2) is 0 Å². The van der Waals surface area contributed by atoms with Gasteiger partial charge in [-0.05, 0) is 30.5 Å². The third-order valence-corrected chi connectivity index (χ3v) is 3.82. The first kappa shape index (κ1) is 11.0. The van der Waals surface area contributed by atoms with Crippen LogP contribution in [-0.2, 0) is 0 Å². The molecule has 0 fully saturated rings. The van der Waals surface area contributed by atoms with E-state index in [1.165, 1.54) is 11.3 Å². The summed E-state index contributed by atoms with van der Waals surface area (Å²) in [6.07, 6.45) is 0. The minimum Gasteiger partial charge on any atom is -0.478 e. The number of aryl methyl sites for hydroxylation is 1. The molecule has 2 N–H and O–H groups in total. The number of carboxylic acids is 1. The molecule has 0 unspecified atom stereocenters. The van der Waals surface area contributed by atoms with Gasteiger partial charge in [-0.15, -0.1) is 11.3 Å². The molecule has 4 heteroatoms. The summed E-state index contributed by atoms with van der Waals surface area (Å²) in [4.78, 5) is 15.6. The van der Waals surface area contributed by atoms with E-state index in [0.717, 1.165) is 21.3 Å². The molecule has 3 nitrogen and oxygen atoms in total. The lowest BCUT2D eigenvalue weighted by Crippen LogP contribution is -1.96. The number of benzene rings is 1. The normalized spacial score (nSPS) is 10.9. The highest BCUT2D eigenvalue weighted by atomic mass is 32.1. The molecule has 18 heavy (non-hydrogen) atoms. The van der Waals surface area contributed by atoms with Crippen molar-refractivity contribution in [1.82, 2.24) is 4.98 Å². The fraction of sp³-hybridized carbons (Fsp3) is 0.0714. The van der Waals surface area contributed by atoms with Gasteiger partial charge in [-0.25, -0.2) is 4.79 Å². The van der Waals surface area contributed by atoms with Gasteiger partial charge in [0, 0.05) is 10.9 Å². The van der Waals surface area contributed by atoms with Gasteiger partial charge in [-0.3, -0.25) is 0 Å². The van der Waals surface area contributed by atoms with Crippen molar-refractivity contribution in [2.75, 3.05) is 0 Å². The van der Waals surface area contributed by atoms with Crippen molar-refractivity contribution in [3.05, 3.63) is 46.8 Å². The van der Waals surface area contributed by atoms with E-state index in [9.17, 15) is 9.90 Å². The zero-order valence-corrected chi connectivity index (χ0v) is 10.5. The predicted molar refractivity (Wildman–Crippen MR) is 73.3 cm³/mol. The third-order valence-electron chi connectivity index (χ3n) is 2.94. The van der Waals surface area contributed by atoms with Crippen LogP contribution in [0.5, 0.6) is 0 Å². The second-order valence-electron chi connectivity index (χ2n) is 4.21. The van der Waals surface area contributed by atoms with E-state index in [1.807, 2.05) is 42.6 Å². The Hall–Kier alpha value is -2.07. The molecule has 0 aliphatic carbocycles. The molecule has 0 saturated heterocycles. The van der Waals surface area contributed by atoms with Crippen molar-refractivity contribution in [2.24, 2.45) is 0 Å². The van der Waals surface area contributed by atoms with Gasteiger partial charge in [-0.1, -0.05) is 17.7 Å². The van der Waals surface area contributed by atoms with Gasteiger partial charge in [0.05, 0.1) is 16.1 Å². The summed E-state index contributed by atoms with van der Waals surface area (Å²) in [5, 5.41) is 12.1. The Morgan fingerprint density at radius 3 is 2.83 bits per heavy atom. The number of carboxylic acid groups (broad SMARTS) is 1. The van der Waals surface area contributed by atoms with Crippen LogP contribution in [0.25, 0.3) is 21.5 Å². The van der Waals surface area contributed by atoms with Crippen molar-refractivity contribution in [3.63, 3.8) is 0 Å². The van der Waals surface area contributed by atoms with E-state index in [0.29, 0.717) is 11.3 Å². The largest absolute Gasteiger partial charge is 0.478 e. The van der Waals surface area contributed by atoms with Crippen LogP contribution < -0.4 is 0 Å². The number of aromatic amines is 1. The number of aromatic carboxylic acids is 1. The molecule has 0 spiro atoms. The zero-order chi connectivity index (χ0) is 12.7. The van der Waals surface area contributed by atoms with Crippen LogP contribution in [-0.4, -0.2) is 16.1 Å². The highest BCUT2D eigenvalue weighted by molar-refractivity contribution is 7.13. The number of H-pyrrole nitrogens is 1. The van der Waals surface area contributed by atoms with Crippen LogP contribution in [0, 0.1) is 6.92 Å². The Bertz CT molecular complexity index is 726. The molecule has 0 amide bonds. The highest BCUT2D eigenvalue weighted by Gasteiger charge is 2.19. The Labute approximate surface area is 108 Å². The van der Waals surface area contributed by atoms with Crippen LogP contribution >= 0.6 is 11.3 Å². The number of hydrogen-bond donors (Lipinski definition) is 2. The molecule has 0 bridgehead atoms. The second kappa shape index (κ2) is 3.99. The maximum atomic E-state index is 11.5. The van der Waals surface area contributed by atoms with Crippen molar-refractivity contribution in [2.45, 2.75) is 6.92 Å². The van der Waals surface area contributed by atoms with E-state index >= 15 is 0 Å². The molecule has 0 saturated carbocycles. The quantitative estimate of drug-likeness (QED) is 0.731. The summed E-state index contributed by atoms with van der Waals surface area (Å²) in [6.45, 7) is 1.96. The van der Waals surface area contributed by atoms with Crippen molar-refractivity contribution >= 4 is 28.2 Å². The minimum atomic E-state index is -0.893. The molecule has 2 aromatic heterocycles. The Morgan fingerprint density at radius 1 is 1.33 bits per heavy atom. The van der Waals surface area contributed by atoms with Crippen LogP contribution in [0.1, 0.15) is 15.9 Å². The first-order chi connectivity index (χ1) is 8.66. The van der Waals surface area contributed by atoms with Gasteiger partial charge < -0.3 is 10.1 Å². The molecule has 90 valence electrons. The molecule has 0 radical (unpaired) electrons. The summed E-state index contributed by atoms with van der Waals surface area (Å²) in [5.74, 6) is -0.893. The zero-order valence-electron chi connectivity index (χ0n) is 9.73. The Balaban J connectivity index is 2.38. The number of aromatic nitrogens is 1. The fourth-order valence-corrected chi connectivity index (χ4v) is 2.87. The summed E-state index contributed by atoms with van der Waals surface area (Å²) >= 11 is 1.53. The SMILES string of the molecule is Cc1ccc2[nH]c(-c3cccs3)c(C(=O)O)c2c1. The number of nitrogens with one attached hydrogen (secondary N) is 1. The van der Waals surface area contributed by atoms with Gasteiger partial charge in [0.2, 0.25) is 0 Å². The second-order valence-corrected chi connectivity index (χ2v) is 5.15. The van der Waals surface area contributed by atoms with Crippen LogP contribution in [0.2, 0.25) is 0 Å². The molecule has 3 aromatic rings. The number of carbonyl (C=O) groups is 1. The maximum Gasteiger partial charge on any atom is 0.338 e.